The van der Waals surface area contributed by atoms with Crippen LogP contribution in [0.3, 0.4) is 0 Å². The van der Waals surface area contributed by atoms with Crippen molar-refractivity contribution >= 4 is 11.8 Å². The highest BCUT2D eigenvalue weighted by atomic mass is 32.2. The second-order valence-electron chi connectivity index (χ2n) is 2.53. The fourth-order valence-corrected chi connectivity index (χ4v) is 1.50. The number of hydrogen-bond donors (Lipinski definition) is 0. The van der Waals surface area contributed by atoms with Crippen LogP contribution in [-0.2, 0) is 6.42 Å². The molecule has 0 N–H and O–H groups in total. The highest BCUT2D eigenvalue weighted by Gasteiger charge is 1.92. The summed E-state index contributed by atoms with van der Waals surface area (Å²) >= 11 is 1.78. The summed E-state index contributed by atoms with van der Waals surface area (Å²) in [6.07, 6.45) is 4.48. The summed E-state index contributed by atoms with van der Waals surface area (Å²) in [5, 5.41) is 0. The molecule has 0 aliphatic heterocycles. The molecule has 0 heterocycles. The lowest BCUT2D eigenvalue weighted by Gasteiger charge is -1.99. The SMILES string of the molecule is CCCc1c[c]cc(SC)c1. The Morgan fingerprint density at radius 1 is 1.45 bits per heavy atom. The zero-order valence-corrected chi connectivity index (χ0v) is 7.87. The van der Waals surface area contributed by atoms with E-state index in [1.807, 2.05) is 6.07 Å². The fraction of sp³-hybridized carbons (Fsp3) is 0.400. The first kappa shape index (κ1) is 8.66. The summed E-state index contributed by atoms with van der Waals surface area (Å²) in [6, 6.07) is 9.49. The number of aryl methyl sites for hydroxylation is 1. The molecule has 0 atom stereocenters. The Morgan fingerprint density at radius 2 is 2.27 bits per heavy atom. The lowest BCUT2D eigenvalue weighted by atomic mass is 10.1. The van der Waals surface area contributed by atoms with Crippen LogP contribution in [0.15, 0.2) is 23.1 Å². The van der Waals surface area contributed by atoms with E-state index in [1.54, 1.807) is 11.8 Å². The molecule has 1 radical (unpaired) electrons. The maximum atomic E-state index is 3.14. The van der Waals surface area contributed by atoms with Crippen LogP contribution >= 0.6 is 11.8 Å². The molecule has 1 heteroatoms. The summed E-state index contributed by atoms with van der Waals surface area (Å²) < 4.78 is 0. The summed E-state index contributed by atoms with van der Waals surface area (Å²) in [4.78, 5) is 1.32. The van der Waals surface area contributed by atoms with Gasteiger partial charge >= 0.3 is 0 Å². The zero-order chi connectivity index (χ0) is 8.10. The summed E-state index contributed by atoms with van der Waals surface area (Å²) in [5.74, 6) is 0. The number of thioether (sulfide) groups is 1. The molecule has 0 aliphatic rings. The Bertz CT molecular complexity index is 218. The topological polar surface area (TPSA) is 0 Å². The number of rotatable bonds is 3. The lowest BCUT2D eigenvalue weighted by Crippen LogP contribution is -1.82. The molecule has 0 aliphatic carbocycles. The van der Waals surface area contributed by atoms with E-state index >= 15 is 0 Å². The first-order valence-corrected chi connectivity index (χ1v) is 5.13. The predicted octanol–water partition coefficient (Wildman–Crippen LogP) is 3.16. The van der Waals surface area contributed by atoms with E-state index in [9.17, 15) is 0 Å². The van der Waals surface area contributed by atoms with Gasteiger partial charge in [-0.15, -0.1) is 11.8 Å². The third kappa shape index (κ3) is 2.58. The molecule has 0 nitrogen and oxygen atoms in total. The standard InChI is InChI=1S/C10H13S/c1-3-5-9-6-4-7-10(8-9)11-2/h6-8H,3,5H2,1-2H3. The van der Waals surface area contributed by atoms with Crippen molar-refractivity contribution in [3.63, 3.8) is 0 Å². The van der Waals surface area contributed by atoms with E-state index in [0.29, 0.717) is 0 Å². The van der Waals surface area contributed by atoms with Gasteiger partial charge in [-0.25, -0.2) is 0 Å². The molecule has 0 spiro atoms. The second kappa shape index (κ2) is 4.45. The van der Waals surface area contributed by atoms with Crippen LogP contribution < -0.4 is 0 Å². The monoisotopic (exact) mass is 165 g/mol. The number of hydrogen-bond acceptors (Lipinski definition) is 1. The van der Waals surface area contributed by atoms with Crippen molar-refractivity contribution in [2.45, 2.75) is 24.7 Å². The van der Waals surface area contributed by atoms with Crippen molar-refractivity contribution in [1.82, 2.24) is 0 Å². The number of benzene rings is 1. The molecule has 59 valence electrons. The van der Waals surface area contributed by atoms with Crippen LogP contribution in [0.5, 0.6) is 0 Å². The van der Waals surface area contributed by atoms with Gasteiger partial charge in [0.15, 0.2) is 0 Å². The Labute approximate surface area is 73.0 Å². The molecule has 0 bridgehead atoms. The van der Waals surface area contributed by atoms with E-state index in [2.05, 4.69) is 31.4 Å². The minimum Gasteiger partial charge on any atom is -0.130 e. The van der Waals surface area contributed by atoms with Crippen LogP contribution in [-0.4, -0.2) is 6.26 Å². The van der Waals surface area contributed by atoms with Gasteiger partial charge in [0.1, 0.15) is 0 Å². The van der Waals surface area contributed by atoms with Gasteiger partial charge in [0, 0.05) is 4.90 Å². The predicted molar refractivity (Wildman–Crippen MR) is 51.1 cm³/mol. The van der Waals surface area contributed by atoms with Gasteiger partial charge in [0.05, 0.1) is 0 Å². The first-order chi connectivity index (χ1) is 5.36. The van der Waals surface area contributed by atoms with Gasteiger partial charge in [-0.2, -0.15) is 0 Å². The normalized spacial score (nSPS) is 10.0. The maximum absolute atomic E-state index is 3.14. The Hall–Kier alpha value is -0.430. The third-order valence-electron chi connectivity index (χ3n) is 1.60. The van der Waals surface area contributed by atoms with Crippen molar-refractivity contribution in [1.29, 1.82) is 0 Å². The Balaban J connectivity index is 2.74. The van der Waals surface area contributed by atoms with Crippen LogP contribution in [0.4, 0.5) is 0 Å². The van der Waals surface area contributed by atoms with E-state index in [4.69, 9.17) is 0 Å². The molecule has 0 unspecified atom stereocenters. The molecule has 0 aromatic heterocycles. The molecular weight excluding hydrogens is 152 g/mol. The molecular formula is C10H13S. The van der Waals surface area contributed by atoms with Gasteiger partial charge in [0.2, 0.25) is 0 Å². The van der Waals surface area contributed by atoms with Gasteiger partial charge in [-0.3, -0.25) is 0 Å². The molecule has 0 fully saturated rings. The second-order valence-corrected chi connectivity index (χ2v) is 3.41. The van der Waals surface area contributed by atoms with Gasteiger partial charge in [0.25, 0.3) is 0 Å². The van der Waals surface area contributed by atoms with Crippen molar-refractivity contribution < 1.29 is 0 Å². The largest absolute Gasteiger partial charge is 0.130 e. The molecule has 1 rings (SSSR count). The van der Waals surface area contributed by atoms with E-state index < -0.39 is 0 Å². The van der Waals surface area contributed by atoms with Gasteiger partial charge in [-0.05, 0) is 36.4 Å². The lowest BCUT2D eigenvalue weighted by molar-refractivity contribution is 0.917. The average Bonchev–Trinajstić information content (AvgIpc) is 2.06. The van der Waals surface area contributed by atoms with Gasteiger partial charge < -0.3 is 0 Å². The van der Waals surface area contributed by atoms with Crippen molar-refractivity contribution in [3.05, 3.63) is 29.8 Å². The maximum Gasteiger partial charge on any atom is 0.00780 e. The van der Waals surface area contributed by atoms with E-state index in [0.717, 1.165) is 0 Å². The van der Waals surface area contributed by atoms with Crippen LogP contribution in [0.25, 0.3) is 0 Å². The van der Waals surface area contributed by atoms with Gasteiger partial charge in [-0.1, -0.05) is 19.4 Å². The van der Waals surface area contributed by atoms with Crippen LogP contribution in [0, 0.1) is 6.07 Å². The summed E-state index contributed by atoms with van der Waals surface area (Å²) in [5.41, 5.74) is 1.40. The minimum atomic E-state index is 1.17. The van der Waals surface area contributed by atoms with Crippen molar-refractivity contribution in [3.8, 4) is 0 Å². The van der Waals surface area contributed by atoms with Crippen molar-refractivity contribution in [2.75, 3.05) is 6.26 Å². The molecule has 1 aromatic rings. The molecule has 0 saturated heterocycles. The Morgan fingerprint density at radius 3 is 2.91 bits per heavy atom. The molecule has 1 aromatic carbocycles. The highest BCUT2D eigenvalue weighted by molar-refractivity contribution is 7.98. The van der Waals surface area contributed by atoms with Crippen LogP contribution in [0.1, 0.15) is 18.9 Å². The minimum absolute atomic E-state index is 1.17. The summed E-state index contributed by atoms with van der Waals surface area (Å²) in [6.45, 7) is 2.20. The first-order valence-electron chi connectivity index (χ1n) is 3.91. The fourth-order valence-electron chi connectivity index (χ4n) is 1.05. The average molecular weight is 165 g/mol. The quantitative estimate of drug-likeness (QED) is 0.620. The van der Waals surface area contributed by atoms with E-state index in [-0.39, 0.29) is 0 Å². The highest BCUT2D eigenvalue weighted by Crippen LogP contribution is 2.16. The molecule has 0 saturated carbocycles. The van der Waals surface area contributed by atoms with Crippen molar-refractivity contribution in [2.24, 2.45) is 0 Å². The molecule has 0 amide bonds. The zero-order valence-electron chi connectivity index (χ0n) is 7.05. The smallest absolute Gasteiger partial charge is 0.00780 e. The van der Waals surface area contributed by atoms with E-state index in [1.165, 1.54) is 23.3 Å². The Kier molecular flexibility index (Phi) is 3.50. The third-order valence-corrected chi connectivity index (χ3v) is 2.30. The summed E-state index contributed by atoms with van der Waals surface area (Å²) in [7, 11) is 0. The molecule has 11 heavy (non-hydrogen) atoms. The van der Waals surface area contributed by atoms with Crippen LogP contribution in [0.2, 0.25) is 0 Å².